The molecule has 3 N–H and O–H groups in total. The van der Waals surface area contributed by atoms with Crippen molar-refractivity contribution in [2.24, 2.45) is 5.73 Å². The molecule has 8 nitrogen and oxygen atoms in total. The average Bonchev–Trinajstić information content (AvgIpc) is 2.92. The third kappa shape index (κ3) is 1.43. The summed E-state index contributed by atoms with van der Waals surface area (Å²) in [6.45, 7) is 1.96. The maximum atomic E-state index is 11.2. The molecule has 1 amide bonds. The van der Waals surface area contributed by atoms with E-state index in [1.54, 1.807) is 0 Å². The Kier molecular flexibility index (Phi) is 2.09. The summed E-state index contributed by atoms with van der Waals surface area (Å²) >= 11 is 0. The molecule has 0 saturated carbocycles. The van der Waals surface area contributed by atoms with Gasteiger partial charge in [-0.3, -0.25) is 4.79 Å². The van der Waals surface area contributed by atoms with E-state index in [9.17, 15) is 4.79 Å². The quantitative estimate of drug-likeness (QED) is 0.654. The van der Waals surface area contributed by atoms with Crippen LogP contribution in [0.1, 0.15) is 16.1 Å². The van der Waals surface area contributed by atoms with Crippen molar-refractivity contribution in [3.05, 3.63) is 29.5 Å². The second kappa shape index (κ2) is 3.62. The van der Waals surface area contributed by atoms with E-state index in [4.69, 9.17) is 5.73 Å². The fourth-order valence-electron chi connectivity index (χ4n) is 1.73. The normalized spacial score (nSPS) is 10.9. The van der Waals surface area contributed by atoms with E-state index in [1.165, 1.54) is 4.68 Å². The molecule has 0 radical (unpaired) electrons. The third-order valence-corrected chi connectivity index (χ3v) is 2.56. The van der Waals surface area contributed by atoms with Crippen molar-refractivity contribution in [1.82, 2.24) is 30.4 Å². The highest BCUT2D eigenvalue weighted by Gasteiger charge is 2.18. The van der Waals surface area contributed by atoms with Crippen LogP contribution in [0.5, 0.6) is 0 Å². The van der Waals surface area contributed by atoms with Gasteiger partial charge in [0.2, 0.25) is 5.82 Å². The van der Waals surface area contributed by atoms with Gasteiger partial charge in [0.05, 0.1) is 5.52 Å². The van der Waals surface area contributed by atoms with Crippen molar-refractivity contribution in [3.63, 3.8) is 0 Å². The van der Waals surface area contributed by atoms with Gasteiger partial charge in [-0.25, -0.2) is 0 Å². The van der Waals surface area contributed by atoms with Crippen LogP contribution in [0, 0.1) is 6.92 Å². The molecule has 0 spiro atoms. The molecule has 1 aromatic carbocycles. The highest BCUT2D eigenvalue weighted by molar-refractivity contribution is 5.94. The summed E-state index contributed by atoms with van der Waals surface area (Å²) in [5.41, 5.74) is 7.76. The zero-order chi connectivity index (χ0) is 12.7. The Bertz CT molecular complexity index is 742. The molecule has 0 aliphatic rings. The van der Waals surface area contributed by atoms with Crippen LogP contribution >= 0.6 is 0 Å². The second-order valence-corrected chi connectivity index (χ2v) is 3.85. The van der Waals surface area contributed by atoms with Crippen molar-refractivity contribution in [1.29, 1.82) is 0 Å². The van der Waals surface area contributed by atoms with Crippen LogP contribution in [-0.4, -0.2) is 36.3 Å². The summed E-state index contributed by atoms with van der Waals surface area (Å²) in [4.78, 5) is 11.2. The standard InChI is InChI=1S/C10H9N7O/c1-5-2-3-7-6(4-5)12-16-17(7)10-8(9(11)18)13-15-14-10/h2-4H,1H3,(H2,11,18)(H,13,14,15). The van der Waals surface area contributed by atoms with Gasteiger partial charge in [0.1, 0.15) is 5.52 Å². The molecule has 0 aliphatic carbocycles. The zero-order valence-electron chi connectivity index (χ0n) is 9.45. The van der Waals surface area contributed by atoms with Crippen LogP contribution in [0.15, 0.2) is 18.2 Å². The first-order valence-electron chi connectivity index (χ1n) is 5.20. The van der Waals surface area contributed by atoms with Crippen LogP contribution in [0.3, 0.4) is 0 Å². The number of aromatic nitrogens is 6. The van der Waals surface area contributed by atoms with Gasteiger partial charge in [-0.2, -0.15) is 9.90 Å². The summed E-state index contributed by atoms with van der Waals surface area (Å²) in [7, 11) is 0. The number of hydrogen-bond acceptors (Lipinski definition) is 5. The van der Waals surface area contributed by atoms with E-state index in [1.807, 2.05) is 25.1 Å². The smallest absolute Gasteiger partial charge is 0.273 e. The SMILES string of the molecule is Cc1ccc2c(c1)nnn2-c1n[nH]nc1C(N)=O. The monoisotopic (exact) mass is 243 g/mol. The third-order valence-electron chi connectivity index (χ3n) is 2.56. The second-order valence-electron chi connectivity index (χ2n) is 3.85. The van der Waals surface area contributed by atoms with Gasteiger partial charge in [0.25, 0.3) is 5.91 Å². The minimum Gasteiger partial charge on any atom is -0.364 e. The minimum absolute atomic E-state index is 0.0300. The van der Waals surface area contributed by atoms with Crippen molar-refractivity contribution in [2.75, 3.05) is 0 Å². The number of nitrogens with two attached hydrogens (primary N) is 1. The lowest BCUT2D eigenvalue weighted by molar-refractivity contribution is 0.0995. The van der Waals surface area contributed by atoms with Crippen LogP contribution in [0.2, 0.25) is 0 Å². The highest BCUT2D eigenvalue weighted by atomic mass is 16.1. The average molecular weight is 243 g/mol. The molecule has 0 aliphatic heterocycles. The summed E-state index contributed by atoms with van der Waals surface area (Å²) in [6, 6.07) is 5.67. The van der Waals surface area contributed by atoms with E-state index >= 15 is 0 Å². The van der Waals surface area contributed by atoms with Crippen molar-refractivity contribution >= 4 is 16.9 Å². The zero-order valence-corrected chi connectivity index (χ0v) is 9.45. The number of nitrogens with one attached hydrogen (secondary N) is 1. The molecule has 3 rings (SSSR count). The first kappa shape index (κ1) is 10.4. The summed E-state index contributed by atoms with van der Waals surface area (Å²) in [6.07, 6.45) is 0. The number of rotatable bonds is 2. The first-order valence-corrected chi connectivity index (χ1v) is 5.20. The number of primary amides is 1. The van der Waals surface area contributed by atoms with Gasteiger partial charge in [0.15, 0.2) is 5.69 Å². The van der Waals surface area contributed by atoms with E-state index < -0.39 is 5.91 Å². The number of aryl methyl sites for hydroxylation is 1. The van der Waals surface area contributed by atoms with Crippen LogP contribution in [0.4, 0.5) is 0 Å². The molecule has 8 heteroatoms. The molecule has 3 aromatic rings. The van der Waals surface area contributed by atoms with E-state index in [0.717, 1.165) is 11.1 Å². The van der Waals surface area contributed by atoms with Crippen LogP contribution in [0.25, 0.3) is 16.9 Å². The predicted molar refractivity (Wildman–Crippen MR) is 62.1 cm³/mol. The molecule has 0 unspecified atom stereocenters. The largest absolute Gasteiger partial charge is 0.364 e. The van der Waals surface area contributed by atoms with E-state index in [0.29, 0.717) is 5.52 Å². The number of hydrogen-bond donors (Lipinski definition) is 2. The molecule has 18 heavy (non-hydrogen) atoms. The molecular weight excluding hydrogens is 234 g/mol. The van der Waals surface area contributed by atoms with Crippen molar-refractivity contribution in [3.8, 4) is 5.82 Å². The van der Waals surface area contributed by atoms with Crippen molar-refractivity contribution < 1.29 is 4.79 Å². The Balaban J connectivity index is 2.26. The number of benzene rings is 1. The molecular formula is C10H9N7O. The molecule has 90 valence electrons. The van der Waals surface area contributed by atoms with Gasteiger partial charge < -0.3 is 5.73 Å². The number of carbonyl (C=O) groups is 1. The van der Waals surface area contributed by atoms with E-state index in [2.05, 4.69) is 25.7 Å². The Morgan fingerprint density at radius 3 is 3.00 bits per heavy atom. The lowest BCUT2D eigenvalue weighted by Gasteiger charge is -1.98. The first-order chi connectivity index (χ1) is 8.66. The summed E-state index contributed by atoms with van der Waals surface area (Å²) in [5.74, 6) is -0.427. The molecule has 0 fully saturated rings. The topological polar surface area (TPSA) is 115 Å². The van der Waals surface area contributed by atoms with Gasteiger partial charge in [0, 0.05) is 0 Å². The Labute approximate surface area is 101 Å². The molecule has 2 aromatic heterocycles. The fraction of sp³-hybridized carbons (Fsp3) is 0.100. The number of aromatic amines is 1. The maximum absolute atomic E-state index is 11.2. The fourth-order valence-corrected chi connectivity index (χ4v) is 1.73. The van der Waals surface area contributed by atoms with Gasteiger partial charge in [-0.15, -0.1) is 15.3 Å². The maximum Gasteiger partial charge on any atom is 0.273 e. The number of H-pyrrole nitrogens is 1. The van der Waals surface area contributed by atoms with Gasteiger partial charge >= 0.3 is 0 Å². The Hall–Kier alpha value is -2.77. The minimum atomic E-state index is -0.672. The van der Waals surface area contributed by atoms with Gasteiger partial charge in [-0.05, 0) is 24.6 Å². The number of amides is 1. The van der Waals surface area contributed by atoms with Gasteiger partial charge in [-0.1, -0.05) is 11.3 Å². The molecule has 0 saturated heterocycles. The number of nitrogens with zero attached hydrogens (tertiary/aromatic N) is 5. The lowest BCUT2D eigenvalue weighted by atomic mass is 10.2. The molecule has 2 heterocycles. The Morgan fingerprint density at radius 2 is 2.22 bits per heavy atom. The van der Waals surface area contributed by atoms with Crippen LogP contribution in [-0.2, 0) is 0 Å². The number of fused-ring (bicyclic) bond motifs is 1. The highest BCUT2D eigenvalue weighted by Crippen LogP contribution is 2.17. The molecule has 0 atom stereocenters. The molecule has 0 bridgehead atoms. The van der Waals surface area contributed by atoms with E-state index in [-0.39, 0.29) is 11.5 Å². The summed E-state index contributed by atoms with van der Waals surface area (Å²) in [5, 5.41) is 17.9. The van der Waals surface area contributed by atoms with Crippen LogP contribution < -0.4 is 5.73 Å². The Morgan fingerprint density at radius 1 is 1.39 bits per heavy atom. The summed E-state index contributed by atoms with van der Waals surface area (Å²) < 4.78 is 1.43. The van der Waals surface area contributed by atoms with Crippen molar-refractivity contribution in [2.45, 2.75) is 6.92 Å². The lowest BCUT2D eigenvalue weighted by Crippen LogP contribution is -2.15. The predicted octanol–water partition coefficient (Wildman–Crippen LogP) is -0.0541. The number of carbonyl (C=O) groups excluding carboxylic acids is 1.